The van der Waals surface area contributed by atoms with E-state index in [4.69, 9.17) is 4.74 Å². The van der Waals surface area contributed by atoms with Crippen LogP contribution in [0.1, 0.15) is 29.7 Å². The summed E-state index contributed by atoms with van der Waals surface area (Å²) in [6.07, 6.45) is 0.690. The second kappa shape index (κ2) is 11.0. The molecule has 5 nitrogen and oxygen atoms in total. The van der Waals surface area contributed by atoms with Gasteiger partial charge in [-0.05, 0) is 35.2 Å². The molecule has 2 amide bonds. The summed E-state index contributed by atoms with van der Waals surface area (Å²) in [5, 5.41) is 3.02. The molecule has 3 rings (SSSR count). The van der Waals surface area contributed by atoms with Crippen molar-refractivity contribution in [1.82, 2.24) is 10.2 Å². The molecule has 160 valence electrons. The topological polar surface area (TPSA) is 58.6 Å². The van der Waals surface area contributed by atoms with Crippen LogP contribution in [-0.4, -0.2) is 30.4 Å². The van der Waals surface area contributed by atoms with Crippen LogP contribution in [0.25, 0.3) is 0 Å². The van der Waals surface area contributed by atoms with Crippen LogP contribution in [0.15, 0.2) is 84.9 Å². The standard InChI is InChI=1S/C26H28N2O3/c1-20(29)28(19-22-9-5-3-6-10-22)25(23-11-7-4-8-12-23)26(30)27-18-17-21-13-15-24(31-2)16-14-21/h3-16,25H,17-19H2,1-2H3,(H,27,30). The molecule has 0 aliphatic heterocycles. The highest BCUT2D eigenvalue weighted by molar-refractivity contribution is 5.88. The maximum absolute atomic E-state index is 13.2. The molecule has 5 heteroatoms. The van der Waals surface area contributed by atoms with Crippen LogP contribution in [0.3, 0.4) is 0 Å². The van der Waals surface area contributed by atoms with Gasteiger partial charge >= 0.3 is 0 Å². The van der Waals surface area contributed by atoms with Gasteiger partial charge in [0.25, 0.3) is 0 Å². The van der Waals surface area contributed by atoms with E-state index in [0.717, 1.165) is 22.4 Å². The van der Waals surface area contributed by atoms with E-state index >= 15 is 0 Å². The van der Waals surface area contributed by atoms with E-state index in [1.807, 2.05) is 84.9 Å². The molecule has 0 aliphatic rings. The Kier molecular flexibility index (Phi) is 7.82. The van der Waals surface area contributed by atoms with Gasteiger partial charge in [-0.25, -0.2) is 0 Å². The zero-order valence-corrected chi connectivity index (χ0v) is 18.0. The molecule has 3 aromatic carbocycles. The summed E-state index contributed by atoms with van der Waals surface area (Å²) in [5.74, 6) is 0.462. The summed E-state index contributed by atoms with van der Waals surface area (Å²) in [6, 6.07) is 26.2. The van der Waals surface area contributed by atoms with Crippen molar-refractivity contribution < 1.29 is 14.3 Å². The van der Waals surface area contributed by atoms with Gasteiger partial charge in [0.05, 0.1) is 7.11 Å². The van der Waals surface area contributed by atoms with E-state index in [1.165, 1.54) is 6.92 Å². The summed E-state index contributed by atoms with van der Waals surface area (Å²) in [6.45, 7) is 2.34. The molecule has 0 radical (unpaired) electrons. The van der Waals surface area contributed by atoms with Gasteiger partial charge < -0.3 is 15.0 Å². The van der Waals surface area contributed by atoms with Crippen LogP contribution in [0.2, 0.25) is 0 Å². The predicted molar refractivity (Wildman–Crippen MR) is 122 cm³/mol. The number of rotatable bonds is 9. The first-order valence-electron chi connectivity index (χ1n) is 10.3. The number of methoxy groups -OCH3 is 1. The molecule has 0 heterocycles. The van der Waals surface area contributed by atoms with Gasteiger partial charge in [0, 0.05) is 20.0 Å². The highest BCUT2D eigenvalue weighted by Crippen LogP contribution is 2.24. The van der Waals surface area contributed by atoms with Gasteiger partial charge in [-0.15, -0.1) is 0 Å². The molecule has 31 heavy (non-hydrogen) atoms. The van der Waals surface area contributed by atoms with Crippen LogP contribution >= 0.6 is 0 Å². The van der Waals surface area contributed by atoms with E-state index in [-0.39, 0.29) is 11.8 Å². The summed E-state index contributed by atoms with van der Waals surface area (Å²) in [5.41, 5.74) is 2.87. The Bertz CT molecular complexity index is 973. The van der Waals surface area contributed by atoms with Crippen molar-refractivity contribution in [3.05, 3.63) is 102 Å². The van der Waals surface area contributed by atoms with Gasteiger partial charge in [0.15, 0.2) is 0 Å². The molecule has 0 bridgehead atoms. The summed E-state index contributed by atoms with van der Waals surface area (Å²) in [7, 11) is 1.63. The van der Waals surface area contributed by atoms with Crippen molar-refractivity contribution in [2.24, 2.45) is 0 Å². The first-order chi connectivity index (χ1) is 15.1. The second-order valence-corrected chi connectivity index (χ2v) is 7.33. The third-order valence-electron chi connectivity index (χ3n) is 5.15. The Morgan fingerprint density at radius 2 is 1.48 bits per heavy atom. The summed E-state index contributed by atoms with van der Waals surface area (Å²) < 4.78 is 5.18. The molecule has 1 unspecified atom stereocenters. The van der Waals surface area contributed by atoms with Crippen LogP contribution in [0.4, 0.5) is 0 Å². The number of hydrogen-bond acceptors (Lipinski definition) is 3. The Morgan fingerprint density at radius 3 is 2.06 bits per heavy atom. The monoisotopic (exact) mass is 416 g/mol. The molecule has 1 N–H and O–H groups in total. The van der Waals surface area contributed by atoms with E-state index in [9.17, 15) is 9.59 Å². The Balaban J connectivity index is 1.75. The lowest BCUT2D eigenvalue weighted by molar-refractivity contribution is -0.140. The number of hydrogen-bond donors (Lipinski definition) is 1. The molecular weight excluding hydrogens is 388 g/mol. The normalized spacial score (nSPS) is 11.4. The smallest absolute Gasteiger partial charge is 0.247 e. The van der Waals surface area contributed by atoms with Gasteiger partial charge in [-0.1, -0.05) is 72.8 Å². The fraction of sp³-hybridized carbons (Fsp3) is 0.231. The van der Waals surface area contributed by atoms with Crippen molar-refractivity contribution >= 4 is 11.8 Å². The highest BCUT2D eigenvalue weighted by atomic mass is 16.5. The third-order valence-corrected chi connectivity index (χ3v) is 5.15. The van der Waals surface area contributed by atoms with Gasteiger partial charge in [0.2, 0.25) is 11.8 Å². The van der Waals surface area contributed by atoms with Gasteiger partial charge in [-0.2, -0.15) is 0 Å². The lowest BCUT2D eigenvalue weighted by Gasteiger charge is -2.30. The Hall–Kier alpha value is -3.60. The minimum absolute atomic E-state index is 0.150. The molecule has 0 saturated carbocycles. The first-order valence-corrected chi connectivity index (χ1v) is 10.3. The van der Waals surface area contributed by atoms with Crippen molar-refractivity contribution in [2.45, 2.75) is 25.9 Å². The van der Waals surface area contributed by atoms with Crippen LogP contribution < -0.4 is 10.1 Å². The molecule has 0 aliphatic carbocycles. The van der Waals surface area contributed by atoms with Crippen molar-refractivity contribution in [3.8, 4) is 5.75 Å². The van der Waals surface area contributed by atoms with Crippen LogP contribution in [0, 0.1) is 0 Å². The number of carbonyl (C=O) groups excluding carboxylic acids is 2. The minimum Gasteiger partial charge on any atom is -0.497 e. The summed E-state index contributed by atoms with van der Waals surface area (Å²) >= 11 is 0. The van der Waals surface area contributed by atoms with E-state index in [0.29, 0.717) is 19.5 Å². The third kappa shape index (κ3) is 6.19. The van der Waals surface area contributed by atoms with Crippen molar-refractivity contribution in [1.29, 1.82) is 0 Å². The maximum Gasteiger partial charge on any atom is 0.247 e. The van der Waals surface area contributed by atoms with Crippen LogP contribution in [0.5, 0.6) is 5.75 Å². The average Bonchev–Trinajstić information content (AvgIpc) is 2.80. The quantitative estimate of drug-likeness (QED) is 0.570. The number of amides is 2. The molecule has 0 aromatic heterocycles. The van der Waals surface area contributed by atoms with Gasteiger partial charge in [-0.3, -0.25) is 9.59 Å². The van der Waals surface area contributed by atoms with E-state index < -0.39 is 6.04 Å². The van der Waals surface area contributed by atoms with E-state index in [2.05, 4.69) is 5.32 Å². The zero-order valence-electron chi connectivity index (χ0n) is 18.0. The predicted octanol–water partition coefficient (Wildman–Crippen LogP) is 4.14. The number of ether oxygens (including phenoxy) is 1. The maximum atomic E-state index is 13.2. The first kappa shape index (κ1) is 22.1. The Morgan fingerprint density at radius 1 is 0.871 bits per heavy atom. The molecule has 0 spiro atoms. The number of nitrogens with zero attached hydrogens (tertiary/aromatic N) is 1. The highest BCUT2D eigenvalue weighted by Gasteiger charge is 2.29. The molecule has 0 saturated heterocycles. The fourth-order valence-electron chi connectivity index (χ4n) is 3.49. The molecule has 1 atom stereocenters. The van der Waals surface area contributed by atoms with Crippen LogP contribution in [-0.2, 0) is 22.6 Å². The lowest BCUT2D eigenvalue weighted by Crippen LogP contribution is -2.43. The van der Waals surface area contributed by atoms with E-state index in [1.54, 1.807) is 12.0 Å². The SMILES string of the molecule is COc1ccc(CCNC(=O)C(c2ccccc2)N(Cc2ccccc2)C(C)=O)cc1. The minimum atomic E-state index is -0.699. The molecule has 3 aromatic rings. The van der Waals surface area contributed by atoms with Gasteiger partial charge in [0.1, 0.15) is 11.8 Å². The average molecular weight is 417 g/mol. The summed E-state index contributed by atoms with van der Waals surface area (Å²) in [4.78, 5) is 27.4. The molecular formula is C26H28N2O3. The lowest BCUT2D eigenvalue weighted by atomic mass is 10.0. The van der Waals surface area contributed by atoms with Crippen molar-refractivity contribution in [3.63, 3.8) is 0 Å². The number of carbonyl (C=O) groups is 2. The Labute approximate surface area is 183 Å². The number of benzene rings is 3. The number of nitrogens with one attached hydrogen (secondary N) is 1. The van der Waals surface area contributed by atoms with Crippen molar-refractivity contribution in [2.75, 3.05) is 13.7 Å². The largest absolute Gasteiger partial charge is 0.497 e. The molecule has 0 fully saturated rings. The fourth-order valence-corrected chi connectivity index (χ4v) is 3.49. The second-order valence-electron chi connectivity index (χ2n) is 7.33. The zero-order chi connectivity index (χ0) is 22.1.